The van der Waals surface area contributed by atoms with Crippen LogP contribution in [0.2, 0.25) is 0 Å². The van der Waals surface area contributed by atoms with Crippen molar-refractivity contribution in [2.24, 2.45) is 0 Å². The smallest absolute Gasteiger partial charge is 0.246 e. The predicted octanol–water partition coefficient (Wildman–Crippen LogP) is 3.18. The molecule has 0 aliphatic carbocycles. The van der Waals surface area contributed by atoms with Crippen molar-refractivity contribution in [1.29, 1.82) is 0 Å². The molecule has 7 heteroatoms. The van der Waals surface area contributed by atoms with Crippen molar-refractivity contribution in [3.63, 3.8) is 0 Å². The third-order valence-corrected chi connectivity index (χ3v) is 5.06. The highest BCUT2D eigenvalue weighted by Crippen LogP contribution is 2.21. The summed E-state index contributed by atoms with van der Waals surface area (Å²) in [6, 6.07) is 9.33. The zero-order valence-electron chi connectivity index (χ0n) is 12.8. The number of rotatable bonds is 6. The largest absolute Gasteiger partial charge is 0.494 e. The second kappa shape index (κ2) is 7.06. The highest BCUT2D eigenvalue weighted by molar-refractivity contribution is 7.89. The van der Waals surface area contributed by atoms with Crippen LogP contribution in [-0.4, -0.2) is 26.4 Å². The summed E-state index contributed by atoms with van der Waals surface area (Å²) in [6.07, 6.45) is 0. The third-order valence-electron chi connectivity index (χ3n) is 3.22. The van der Waals surface area contributed by atoms with E-state index in [0.29, 0.717) is 18.4 Å². The van der Waals surface area contributed by atoms with Crippen molar-refractivity contribution in [3.8, 4) is 5.75 Å². The Morgan fingerprint density at radius 1 is 1.09 bits per heavy atom. The average Bonchev–Trinajstić information content (AvgIpc) is 2.49. The predicted molar refractivity (Wildman–Crippen MR) is 82.6 cm³/mol. The van der Waals surface area contributed by atoms with Gasteiger partial charge in [-0.05, 0) is 36.8 Å². The normalized spacial score (nSPS) is 11.7. The molecule has 0 atom stereocenters. The molecule has 0 amide bonds. The van der Waals surface area contributed by atoms with Gasteiger partial charge < -0.3 is 4.74 Å². The Morgan fingerprint density at radius 3 is 2.30 bits per heavy atom. The highest BCUT2D eigenvalue weighted by Gasteiger charge is 2.24. The Labute approximate surface area is 134 Å². The van der Waals surface area contributed by atoms with Gasteiger partial charge in [0.25, 0.3) is 0 Å². The van der Waals surface area contributed by atoms with Gasteiger partial charge in [0.05, 0.1) is 6.61 Å². The summed E-state index contributed by atoms with van der Waals surface area (Å²) < 4.78 is 57.7. The van der Waals surface area contributed by atoms with Gasteiger partial charge >= 0.3 is 0 Å². The van der Waals surface area contributed by atoms with E-state index in [-0.39, 0.29) is 6.54 Å². The lowest BCUT2D eigenvalue weighted by Crippen LogP contribution is -2.27. The van der Waals surface area contributed by atoms with E-state index in [9.17, 15) is 17.2 Å². The van der Waals surface area contributed by atoms with E-state index in [1.54, 1.807) is 24.3 Å². The first kappa shape index (κ1) is 17.4. The maximum absolute atomic E-state index is 13.7. The fourth-order valence-corrected chi connectivity index (χ4v) is 3.25. The van der Waals surface area contributed by atoms with E-state index in [1.807, 2.05) is 6.92 Å². The number of hydrogen-bond acceptors (Lipinski definition) is 3. The van der Waals surface area contributed by atoms with Gasteiger partial charge in [0, 0.05) is 19.7 Å². The molecule has 0 unspecified atom stereocenters. The summed E-state index contributed by atoms with van der Waals surface area (Å²) in [6.45, 7) is 2.47. The number of halogens is 2. The van der Waals surface area contributed by atoms with Crippen molar-refractivity contribution < 1.29 is 21.9 Å². The molecule has 0 aliphatic rings. The van der Waals surface area contributed by atoms with Crippen LogP contribution in [-0.2, 0) is 16.6 Å². The molecule has 2 rings (SSSR count). The van der Waals surface area contributed by atoms with E-state index in [4.69, 9.17) is 4.74 Å². The van der Waals surface area contributed by atoms with Crippen LogP contribution in [0.25, 0.3) is 0 Å². The topological polar surface area (TPSA) is 46.6 Å². The number of benzene rings is 2. The van der Waals surface area contributed by atoms with Gasteiger partial charge in [-0.2, -0.15) is 4.31 Å². The molecule has 2 aromatic carbocycles. The van der Waals surface area contributed by atoms with Crippen LogP contribution in [0.4, 0.5) is 8.78 Å². The van der Waals surface area contributed by atoms with Crippen LogP contribution < -0.4 is 4.74 Å². The van der Waals surface area contributed by atoms with Gasteiger partial charge in [-0.15, -0.1) is 0 Å². The lowest BCUT2D eigenvalue weighted by Gasteiger charge is -2.18. The van der Waals surface area contributed by atoms with Gasteiger partial charge in [-0.1, -0.05) is 12.1 Å². The average molecular weight is 341 g/mol. The van der Waals surface area contributed by atoms with Crippen LogP contribution in [0.15, 0.2) is 47.4 Å². The molecule has 0 saturated carbocycles. The van der Waals surface area contributed by atoms with Crippen LogP contribution in [0, 0.1) is 11.6 Å². The Balaban J connectivity index is 2.19. The van der Waals surface area contributed by atoms with Crippen molar-refractivity contribution in [3.05, 3.63) is 59.7 Å². The highest BCUT2D eigenvalue weighted by atomic mass is 32.2. The maximum Gasteiger partial charge on any atom is 0.246 e. The van der Waals surface area contributed by atoms with Crippen molar-refractivity contribution in [1.82, 2.24) is 4.31 Å². The molecule has 0 bridgehead atoms. The molecule has 0 spiro atoms. The summed E-state index contributed by atoms with van der Waals surface area (Å²) in [5.74, 6) is -1.24. The van der Waals surface area contributed by atoms with Gasteiger partial charge in [0.2, 0.25) is 10.0 Å². The number of hydrogen-bond donors (Lipinski definition) is 0. The number of nitrogens with zero attached hydrogens (tertiary/aromatic N) is 1. The molecule has 0 aliphatic heterocycles. The number of sulfonamides is 1. The van der Waals surface area contributed by atoms with Crippen molar-refractivity contribution >= 4 is 10.0 Å². The summed E-state index contributed by atoms with van der Waals surface area (Å²) >= 11 is 0. The molecule has 2 aromatic rings. The standard InChI is InChI=1S/C16H17F2NO3S/c1-3-22-14-7-4-12(5-8-14)11-19(2)23(20,21)16-9-6-13(17)10-15(16)18/h4-10H,3,11H2,1-2H3. The lowest BCUT2D eigenvalue weighted by molar-refractivity contribution is 0.340. The minimum atomic E-state index is -4.04. The minimum absolute atomic E-state index is 0.0611. The Hall–Kier alpha value is -1.99. The second-order valence-corrected chi connectivity index (χ2v) is 6.93. The lowest BCUT2D eigenvalue weighted by atomic mass is 10.2. The first-order valence-electron chi connectivity index (χ1n) is 6.97. The Bertz CT molecular complexity index is 776. The van der Waals surface area contributed by atoms with Crippen LogP contribution in [0.1, 0.15) is 12.5 Å². The molecule has 0 saturated heterocycles. The quantitative estimate of drug-likeness (QED) is 0.811. The Kier molecular flexibility index (Phi) is 5.33. The van der Waals surface area contributed by atoms with E-state index in [2.05, 4.69) is 0 Å². The summed E-state index contributed by atoms with van der Waals surface area (Å²) in [7, 11) is -2.70. The first-order valence-corrected chi connectivity index (χ1v) is 8.41. The van der Waals surface area contributed by atoms with Gasteiger partial charge in [-0.3, -0.25) is 0 Å². The summed E-state index contributed by atoms with van der Waals surface area (Å²) in [5.41, 5.74) is 0.724. The molecule has 23 heavy (non-hydrogen) atoms. The summed E-state index contributed by atoms with van der Waals surface area (Å²) in [5, 5.41) is 0. The molecule has 0 N–H and O–H groups in total. The van der Waals surface area contributed by atoms with Crippen LogP contribution >= 0.6 is 0 Å². The molecule has 0 aromatic heterocycles. The van der Waals surface area contributed by atoms with Crippen molar-refractivity contribution in [2.45, 2.75) is 18.4 Å². The van der Waals surface area contributed by atoms with Gasteiger partial charge in [-0.25, -0.2) is 17.2 Å². The fraction of sp³-hybridized carbons (Fsp3) is 0.250. The molecule has 0 heterocycles. The SMILES string of the molecule is CCOc1ccc(CN(C)S(=O)(=O)c2ccc(F)cc2F)cc1. The number of ether oxygens (including phenoxy) is 1. The third kappa shape index (κ3) is 4.05. The second-order valence-electron chi connectivity index (χ2n) is 4.91. The zero-order chi connectivity index (χ0) is 17.0. The zero-order valence-corrected chi connectivity index (χ0v) is 13.6. The van der Waals surface area contributed by atoms with Crippen LogP contribution in [0.3, 0.4) is 0 Å². The van der Waals surface area contributed by atoms with Crippen molar-refractivity contribution in [2.75, 3.05) is 13.7 Å². The van der Waals surface area contributed by atoms with Gasteiger partial charge in [0.1, 0.15) is 22.3 Å². The maximum atomic E-state index is 13.7. The van der Waals surface area contributed by atoms with Crippen LogP contribution in [0.5, 0.6) is 5.75 Å². The van der Waals surface area contributed by atoms with E-state index in [0.717, 1.165) is 22.0 Å². The molecule has 4 nitrogen and oxygen atoms in total. The fourth-order valence-electron chi connectivity index (χ4n) is 2.05. The molecular weight excluding hydrogens is 324 g/mol. The minimum Gasteiger partial charge on any atom is -0.494 e. The molecule has 124 valence electrons. The van der Waals surface area contributed by atoms with E-state index < -0.39 is 26.6 Å². The Morgan fingerprint density at radius 2 is 1.74 bits per heavy atom. The molecule has 0 fully saturated rings. The molecular formula is C16H17F2NO3S. The van der Waals surface area contributed by atoms with Gasteiger partial charge in [0.15, 0.2) is 0 Å². The van der Waals surface area contributed by atoms with E-state index in [1.165, 1.54) is 7.05 Å². The monoisotopic (exact) mass is 341 g/mol. The van der Waals surface area contributed by atoms with E-state index >= 15 is 0 Å². The molecule has 0 radical (unpaired) electrons. The first-order chi connectivity index (χ1) is 10.8. The summed E-state index contributed by atoms with van der Waals surface area (Å²) in [4.78, 5) is -0.549.